The lowest BCUT2D eigenvalue weighted by atomic mass is 9.97. The van der Waals surface area contributed by atoms with Crippen molar-refractivity contribution in [2.45, 2.75) is 25.8 Å². The first-order valence-corrected chi connectivity index (χ1v) is 7.53. The van der Waals surface area contributed by atoms with Crippen LogP contribution in [0.15, 0.2) is 59.2 Å². The van der Waals surface area contributed by atoms with Gasteiger partial charge < -0.3 is 9.73 Å². The molecule has 0 bridgehead atoms. The zero-order valence-corrected chi connectivity index (χ0v) is 12.6. The molecule has 0 aliphatic heterocycles. The van der Waals surface area contributed by atoms with Crippen molar-refractivity contribution in [1.29, 1.82) is 0 Å². The van der Waals surface area contributed by atoms with Gasteiger partial charge >= 0.3 is 0 Å². The molecule has 0 saturated carbocycles. The van der Waals surface area contributed by atoms with E-state index in [1.165, 1.54) is 22.1 Å². The number of nitrogens with one attached hydrogen (secondary N) is 1. The molecule has 0 aliphatic rings. The molecule has 1 heterocycles. The summed E-state index contributed by atoms with van der Waals surface area (Å²) in [6.07, 6.45) is 3.93. The fourth-order valence-electron chi connectivity index (χ4n) is 2.78. The van der Waals surface area contributed by atoms with E-state index >= 15 is 0 Å². The second kappa shape index (κ2) is 6.15. The minimum atomic E-state index is 0.265. The van der Waals surface area contributed by atoms with Crippen LogP contribution in [-0.4, -0.2) is 7.05 Å². The van der Waals surface area contributed by atoms with E-state index in [-0.39, 0.29) is 6.04 Å². The van der Waals surface area contributed by atoms with Crippen LogP contribution in [0.1, 0.15) is 29.7 Å². The van der Waals surface area contributed by atoms with Crippen LogP contribution >= 0.6 is 0 Å². The molecule has 3 rings (SSSR count). The Balaban J connectivity index is 1.87. The van der Waals surface area contributed by atoms with Gasteiger partial charge in [0.05, 0.1) is 6.26 Å². The number of fused-ring (bicyclic) bond motifs is 1. The van der Waals surface area contributed by atoms with Crippen LogP contribution in [0.3, 0.4) is 0 Å². The Morgan fingerprint density at radius 1 is 1.00 bits per heavy atom. The number of likely N-dealkylation sites (N-methyl/N-ethyl adjacent to an activating group) is 1. The van der Waals surface area contributed by atoms with Gasteiger partial charge in [-0.05, 0) is 37.1 Å². The van der Waals surface area contributed by atoms with Crippen molar-refractivity contribution in [2.75, 3.05) is 7.05 Å². The summed E-state index contributed by atoms with van der Waals surface area (Å²) in [7, 11) is 2.01. The average Bonchev–Trinajstić information content (AvgIpc) is 2.97. The summed E-state index contributed by atoms with van der Waals surface area (Å²) >= 11 is 0. The monoisotopic (exact) mass is 279 g/mol. The lowest BCUT2D eigenvalue weighted by molar-refractivity contribution is 0.563. The van der Waals surface area contributed by atoms with Gasteiger partial charge in [-0.1, -0.05) is 49.4 Å². The predicted molar refractivity (Wildman–Crippen MR) is 87.5 cm³/mol. The molecule has 0 radical (unpaired) electrons. The molecular weight excluding hydrogens is 258 g/mol. The summed E-state index contributed by atoms with van der Waals surface area (Å²) in [6, 6.07) is 17.4. The summed E-state index contributed by atoms with van der Waals surface area (Å²) < 4.78 is 5.67. The Labute approximate surface area is 125 Å². The largest absolute Gasteiger partial charge is 0.464 e. The number of rotatable bonds is 5. The molecule has 1 N–H and O–H groups in total. The molecule has 0 saturated heterocycles. The van der Waals surface area contributed by atoms with Gasteiger partial charge in [0.2, 0.25) is 0 Å². The van der Waals surface area contributed by atoms with Crippen LogP contribution in [0.4, 0.5) is 0 Å². The number of hydrogen-bond acceptors (Lipinski definition) is 2. The van der Waals surface area contributed by atoms with Crippen molar-refractivity contribution < 1.29 is 4.42 Å². The molecule has 108 valence electrons. The van der Waals surface area contributed by atoms with E-state index in [1.54, 1.807) is 0 Å². The minimum absolute atomic E-state index is 0.265. The molecule has 1 aromatic heterocycles. The molecule has 0 amide bonds. The van der Waals surface area contributed by atoms with E-state index in [4.69, 9.17) is 4.42 Å². The Morgan fingerprint density at radius 2 is 1.71 bits per heavy atom. The second-order valence-corrected chi connectivity index (χ2v) is 5.40. The van der Waals surface area contributed by atoms with E-state index in [2.05, 4.69) is 48.6 Å². The topological polar surface area (TPSA) is 25.2 Å². The predicted octanol–water partition coefficient (Wildman–Crippen LogP) is 4.50. The van der Waals surface area contributed by atoms with Crippen LogP contribution in [0, 0.1) is 0 Å². The number of aryl methyl sites for hydroxylation is 1. The molecule has 2 heteroatoms. The number of hydrogen-bond donors (Lipinski definition) is 1. The zero-order valence-electron chi connectivity index (χ0n) is 12.6. The van der Waals surface area contributed by atoms with Crippen LogP contribution in [0.25, 0.3) is 11.0 Å². The molecule has 2 aromatic carbocycles. The van der Waals surface area contributed by atoms with Gasteiger partial charge in [0.15, 0.2) is 0 Å². The number of para-hydroxylation sites is 1. The van der Waals surface area contributed by atoms with Gasteiger partial charge in [0.25, 0.3) is 0 Å². The van der Waals surface area contributed by atoms with E-state index in [0.29, 0.717) is 0 Å². The van der Waals surface area contributed by atoms with Gasteiger partial charge in [-0.2, -0.15) is 0 Å². The molecule has 0 spiro atoms. The van der Waals surface area contributed by atoms with Gasteiger partial charge in [0, 0.05) is 17.0 Å². The summed E-state index contributed by atoms with van der Waals surface area (Å²) in [5, 5.41) is 4.61. The first kappa shape index (κ1) is 13.9. The quantitative estimate of drug-likeness (QED) is 0.744. The summed E-state index contributed by atoms with van der Waals surface area (Å²) in [4.78, 5) is 0. The lowest BCUT2D eigenvalue weighted by Crippen LogP contribution is -2.18. The molecule has 0 aliphatic carbocycles. The van der Waals surface area contributed by atoms with Crippen molar-refractivity contribution in [3.05, 3.63) is 71.5 Å². The van der Waals surface area contributed by atoms with Crippen molar-refractivity contribution >= 4 is 11.0 Å². The fraction of sp³-hybridized carbons (Fsp3) is 0.263. The molecule has 1 atom stereocenters. The maximum absolute atomic E-state index is 5.67. The molecule has 3 aromatic rings. The minimum Gasteiger partial charge on any atom is -0.464 e. The van der Waals surface area contributed by atoms with E-state index < -0.39 is 0 Å². The van der Waals surface area contributed by atoms with Crippen LogP contribution in [0.5, 0.6) is 0 Å². The third-order valence-corrected chi connectivity index (χ3v) is 4.11. The van der Waals surface area contributed by atoms with Gasteiger partial charge in [0.1, 0.15) is 5.58 Å². The third kappa shape index (κ3) is 2.86. The fourth-order valence-corrected chi connectivity index (χ4v) is 2.78. The number of furan rings is 1. The van der Waals surface area contributed by atoms with Crippen molar-refractivity contribution in [3.63, 3.8) is 0 Å². The molecular formula is C19H21NO. The Kier molecular flexibility index (Phi) is 4.07. The van der Waals surface area contributed by atoms with Gasteiger partial charge in [-0.15, -0.1) is 0 Å². The normalized spacial score (nSPS) is 12.7. The highest BCUT2D eigenvalue weighted by atomic mass is 16.3. The van der Waals surface area contributed by atoms with Gasteiger partial charge in [-0.3, -0.25) is 0 Å². The SMILES string of the molecule is CCc1ccc(CC(NC)c2coc3ccccc23)cc1. The summed E-state index contributed by atoms with van der Waals surface area (Å²) in [5.74, 6) is 0. The lowest BCUT2D eigenvalue weighted by Gasteiger charge is -2.15. The summed E-state index contributed by atoms with van der Waals surface area (Å²) in [5.41, 5.74) is 4.91. The Bertz CT molecular complexity index is 712. The average molecular weight is 279 g/mol. The van der Waals surface area contributed by atoms with Crippen LogP contribution < -0.4 is 5.32 Å². The van der Waals surface area contributed by atoms with E-state index in [1.807, 2.05) is 25.4 Å². The maximum Gasteiger partial charge on any atom is 0.134 e. The van der Waals surface area contributed by atoms with E-state index in [9.17, 15) is 0 Å². The van der Waals surface area contributed by atoms with Crippen molar-refractivity contribution in [2.24, 2.45) is 0 Å². The highest BCUT2D eigenvalue weighted by Crippen LogP contribution is 2.28. The maximum atomic E-state index is 5.67. The van der Waals surface area contributed by atoms with Gasteiger partial charge in [-0.25, -0.2) is 0 Å². The highest BCUT2D eigenvalue weighted by Gasteiger charge is 2.15. The summed E-state index contributed by atoms with van der Waals surface area (Å²) in [6.45, 7) is 2.18. The Hall–Kier alpha value is -2.06. The highest BCUT2D eigenvalue weighted by molar-refractivity contribution is 5.81. The van der Waals surface area contributed by atoms with Crippen molar-refractivity contribution in [3.8, 4) is 0 Å². The van der Waals surface area contributed by atoms with Crippen LogP contribution in [0.2, 0.25) is 0 Å². The van der Waals surface area contributed by atoms with Crippen molar-refractivity contribution in [1.82, 2.24) is 5.32 Å². The zero-order chi connectivity index (χ0) is 14.7. The second-order valence-electron chi connectivity index (χ2n) is 5.40. The van der Waals surface area contributed by atoms with E-state index in [0.717, 1.165) is 18.4 Å². The first-order chi connectivity index (χ1) is 10.3. The number of benzene rings is 2. The smallest absolute Gasteiger partial charge is 0.134 e. The molecule has 2 nitrogen and oxygen atoms in total. The molecule has 1 unspecified atom stereocenters. The third-order valence-electron chi connectivity index (χ3n) is 4.11. The first-order valence-electron chi connectivity index (χ1n) is 7.53. The molecule has 0 fully saturated rings. The Morgan fingerprint density at radius 3 is 2.43 bits per heavy atom. The molecule has 21 heavy (non-hydrogen) atoms. The standard InChI is InChI=1S/C19H21NO/c1-3-14-8-10-15(11-9-14)12-18(20-2)17-13-21-19-7-5-4-6-16(17)19/h4-11,13,18,20H,3,12H2,1-2H3. The van der Waals surface area contributed by atoms with Crippen LogP contribution in [-0.2, 0) is 12.8 Å².